The summed E-state index contributed by atoms with van der Waals surface area (Å²) in [5, 5.41) is 10.3. The minimum Gasteiger partial charge on any atom is -0.508 e. The lowest BCUT2D eigenvalue weighted by molar-refractivity contribution is 0.194. The van der Waals surface area contributed by atoms with Gasteiger partial charge in [-0.05, 0) is 37.0 Å². The monoisotopic (exact) mass is 262 g/mol. The number of hydrogen-bond acceptors (Lipinski definition) is 2. The SMILES string of the molecule is CCCC[C@@H]1c2c(O)cc(CCC)cc2O[C@H]1CC. The molecule has 0 unspecified atom stereocenters. The third-order valence-electron chi connectivity index (χ3n) is 4.09. The second-order valence-electron chi connectivity index (χ2n) is 5.59. The molecule has 1 N–H and O–H groups in total. The van der Waals surface area contributed by atoms with E-state index in [9.17, 15) is 5.11 Å². The van der Waals surface area contributed by atoms with Crippen molar-refractivity contribution < 1.29 is 9.84 Å². The van der Waals surface area contributed by atoms with E-state index in [1.807, 2.05) is 6.07 Å². The summed E-state index contributed by atoms with van der Waals surface area (Å²) < 4.78 is 6.07. The van der Waals surface area contributed by atoms with Gasteiger partial charge in [0.25, 0.3) is 0 Å². The molecule has 0 amide bonds. The summed E-state index contributed by atoms with van der Waals surface area (Å²) in [6, 6.07) is 4.07. The van der Waals surface area contributed by atoms with Gasteiger partial charge in [0.2, 0.25) is 0 Å². The van der Waals surface area contributed by atoms with Gasteiger partial charge >= 0.3 is 0 Å². The Morgan fingerprint density at radius 2 is 1.95 bits per heavy atom. The van der Waals surface area contributed by atoms with Crippen molar-refractivity contribution in [1.82, 2.24) is 0 Å². The number of phenols is 1. The van der Waals surface area contributed by atoms with Gasteiger partial charge in [-0.25, -0.2) is 0 Å². The first-order valence-electron chi connectivity index (χ1n) is 7.73. The van der Waals surface area contributed by atoms with E-state index in [1.54, 1.807) is 0 Å². The van der Waals surface area contributed by atoms with Crippen LogP contribution in [0.1, 0.15) is 69.9 Å². The number of fused-ring (bicyclic) bond motifs is 1. The summed E-state index contributed by atoms with van der Waals surface area (Å²) in [6.45, 7) is 6.53. The molecule has 1 aliphatic rings. The van der Waals surface area contributed by atoms with Gasteiger partial charge in [0.15, 0.2) is 0 Å². The fourth-order valence-corrected chi connectivity index (χ4v) is 3.12. The topological polar surface area (TPSA) is 29.5 Å². The Kier molecular flexibility index (Phi) is 4.73. The maximum atomic E-state index is 10.3. The molecule has 2 atom stereocenters. The lowest BCUT2D eigenvalue weighted by Gasteiger charge is -2.17. The zero-order valence-electron chi connectivity index (χ0n) is 12.4. The quantitative estimate of drug-likeness (QED) is 0.798. The smallest absolute Gasteiger partial charge is 0.127 e. The summed E-state index contributed by atoms with van der Waals surface area (Å²) in [5.74, 6) is 1.74. The fraction of sp³-hybridized carbons (Fsp3) is 0.647. The minimum absolute atomic E-state index is 0.240. The highest BCUT2D eigenvalue weighted by Gasteiger charge is 2.35. The molecule has 0 saturated heterocycles. The lowest BCUT2D eigenvalue weighted by Crippen LogP contribution is -2.17. The van der Waals surface area contributed by atoms with Crippen LogP contribution in [-0.2, 0) is 6.42 Å². The van der Waals surface area contributed by atoms with E-state index in [0.29, 0.717) is 11.7 Å². The van der Waals surface area contributed by atoms with Crippen LogP contribution < -0.4 is 4.74 Å². The van der Waals surface area contributed by atoms with Crippen molar-refractivity contribution in [3.8, 4) is 11.5 Å². The third kappa shape index (κ3) is 2.88. The molecule has 0 saturated carbocycles. The summed E-state index contributed by atoms with van der Waals surface area (Å²) in [6.07, 6.45) is 6.84. The summed E-state index contributed by atoms with van der Waals surface area (Å²) in [5.41, 5.74) is 2.24. The van der Waals surface area contributed by atoms with Gasteiger partial charge in [-0.3, -0.25) is 0 Å². The third-order valence-corrected chi connectivity index (χ3v) is 4.09. The van der Waals surface area contributed by atoms with Gasteiger partial charge in [0, 0.05) is 11.5 Å². The average molecular weight is 262 g/mol. The molecule has 0 aromatic heterocycles. The molecule has 2 rings (SSSR count). The Bertz CT molecular complexity index is 426. The maximum absolute atomic E-state index is 10.3. The van der Waals surface area contributed by atoms with Gasteiger partial charge in [0.1, 0.15) is 17.6 Å². The molecule has 0 aliphatic carbocycles. The largest absolute Gasteiger partial charge is 0.508 e. The number of ether oxygens (including phenoxy) is 1. The summed E-state index contributed by atoms with van der Waals surface area (Å²) in [7, 11) is 0. The van der Waals surface area contributed by atoms with Crippen molar-refractivity contribution in [1.29, 1.82) is 0 Å². The molecule has 0 bridgehead atoms. The van der Waals surface area contributed by atoms with Gasteiger partial charge in [-0.1, -0.05) is 40.0 Å². The molecule has 19 heavy (non-hydrogen) atoms. The van der Waals surface area contributed by atoms with Crippen LogP contribution in [0.5, 0.6) is 11.5 Å². The molecule has 0 fully saturated rings. The van der Waals surface area contributed by atoms with E-state index in [4.69, 9.17) is 4.74 Å². The van der Waals surface area contributed by atoms with Gasteiger partial charge in [-0.2, -0.15) is 0 Å². The van der Waals surface area contributed by atoms with Crippen molar-refractivity contribution in [3.05, 3.63) is 23.3 Å². The minimum atomic E-state index is 0.240. The van der Waals surface area contributed by atoms with Gasteiger partial charge in [0.05, 0.1) is 0 Å². The second-order valence-corrected chi connectivity index (χ2v) is 5.59. The Morgan fingerprint density at radius 1 is 1.16 bits per heavy atom. The molecule has 1 aliphatic heterocycles. The van der Waals surface area contributed by atoms with E-state index in [1.165, 1.54) is 18.4 Å². The first kappa shape index (κ1) is 14.2. The number of unbranched alkanes of at least 4 members (excludes halogenated alkanes) is 1. The second kappa shape index (κ2) is 6.31. The molecule has 2 heteroatoms. The number of aryl methyl sites for hydroxylation is 1. The Balaban J connectivity index is 2.30. The van der Waals surface area contributed by atoms with Crippen molar-refractivity contribution in [2.45, 2.75) is 71.3 Å². The molecule has 1 aromatic rings. The maximum Gasteiger partial charge on any atom is 0.127 e. The summed E-state index contributed by atoms with van der Waals surface area (Å²) in [4.78, 5) is 0. The Hall–Kier alpha value is -1.18. The first-order chi connectivity index (χ1) is 9.21. The first-order valence-corrected chi connectivity index (χ1v) is 7.73. The van der Waals surface area contributed by atoms with E-state index in [-0.39, 0.29) is 6.10 Å². The van der Waals surface area contributed by atoms with E-state index >= 15 is 0 Å². The Morgan fingerprint density at radius 3 is 2.58 bits per heavy atom. The van der Waals surface area contributed by atoms with Crippen molar-refractivity contribution >= 4 is 0 Å². The van der Waals surface area contributed by atoms with Crippen LogP contribution in [0.25, 0.3) is 0 Å². The van der Waals surface area contributed by atoms with Crippen molar-refractivity contribution in [2.24, 2.45) is 0 Å². The molecular formula is C17H26O2. The number of hydrogen-bond donors (Lipinski definition) is 1. The van der Waals surface area contributed by atoms with Crippen molar-refractivity contribution in [3.63, 3.8) is 0 Å². The zero-order chi connectivity index (χ0) is 13.8. The molecule has 0 radical (unpaired) electrons. The van der Waals surface area contributed by atoms with Crippen LogP contribution in [0.2, 0.25) is 0 Å². The van der Waals surface area contributed by atoms with E-state index in [2.05, 4.69) is 26.8 Å². The van der Waals surface area contributed by atoms with Crippen LogP contribution >= 0.6 is 0 Å². The van der Waals surface area contributed by atoms with Gasteiger partial charge < -0.3 is 9.84 Å². The standard InChI is InChI=1S/C17H26O2/c1-4-7-9-13-15(6-3)19-16-11-12(8-5-2)10-14(18)17(13)16/h10-11,13,15,18H,4-9H2,1-3H3/t13-,15-/m0/s1. The van der Waals surface area contributed by atoms with E-state index < -0.39 is 0 Å². The van der Waals surface area contributed by atoms with Crippen LogP contribution in [-0.4, -0.2) is 11.2 Å². The highest BCUT2D eigenvalue weighted by Crippen LogP contribution is 2.47. The molecular weight excluding hydrogens is 236 g/mol. The predicted octanol–water partition coefficient (Wildman–Crippen LogP) is 4.79. The highest BCUT2D eigenvalue weighted by atomic mass is 16.5. The van der Waals surface area contributed by atoms with Crippen LogP contribution in [0.4, 0.5) is 0 Å². The molecule has 0 spiro atoms. The lowest BCUT2D eigenvalue weighted by atomic mass is 9.88. The van der Waals surface area contributed by atoms with Crippen LogP contribution in [0.3, 0.4) is 0 Å². The highest BCUT2D eigenvalue weighted by molar-refractivity contribution is 5.52. The number of aromatic hydroxyl groups is 1. The van der Waals surface area contributed by atoms with Crippen LogP contribution in [0, 0.1) is 0 Å². The fourth-order valence-electron chi connectivity index (χ4n) is 3.12. The number of benzene rings is 1. The van der Waals surface area contributed by atoms with Crippen LogP contribution in [0.15, 0.2) is 12.1 Å². The molecule has 1 heterocycles. The molecule has 106 valence electrons. The number of phenolic OH excluding ortho intramolecular Hbond substituents is 1. The van der Waals surface area contributed by atoms with E-state index in [0.717, 1.165) is 37.0 Å². The van der Waals surface area contributed by atoms with Gasteiger partial charge in [-0.15, -0.1) is 0 Å². The normalized spacial score (nSPS) is 21.2. The molecule has 1 aromatic carbocycles. The Labute approximate surface area is 116 Å². The average Bonchev–Trinajstić information content (AvgIpc) is 2.75. The van der Waals surface area contributed by atoms with Crippen molar-refractivity contribution in [2.75, 3.05) is 0 Å². The predicted molar refractivity (Wildman–Crippen MR) is 79.1 cm³/mol. The zero-order valence-corrected chi connectivity index (χ0v) is 12.4. The molecule has 2 nitrogen and oxygen atoms in total. The number of rotatable bonds is 6. The summed E-state index contributed by atoms with van der Waals surface area (Å²) >= 11 is 0.